The van der Waals surface area contributed by atoms with Crippen molar-refractivity contribution in [2.75, 3.05) is 7.05 Å². The number of hydrogen-bond donors (Lipinski definition) is 1. The van der Waals surface area contributed by atoms with E-state index in [1.54, 1.807) is 6.07 Å². The van der Waals surface area contributed by atoms with E-state index >= 15 is 0 Å². The maximum Gasteiger partial charge on any atom is 0.184 e. The van der Waals surface area contributed by atoms with Gasteiger partial charge in [0.2, 0.25) is 0 Å². The van der Waals surface area contributed by atoms with Gasteiger partial charge in [0.1, 0.15) is 5.76 Å². The molecule has 1 heterocycles. The zero-order chi connectivity index (χ0) is 13.5. The van der Waals surface area contributed by atoms with Gasteiger partial charge in [-0.15, -0.1) is 0 Å². The summed E-state index contributed by atoms with van der Waals surface area (Å²) in [6.45, 7) is 6.83. The molecule has 0 amide bonds. The molecule has 0 bridgehead atoms. The Balaban J connectivity index is 2.80. The number of furan rings is 1. The van der Waals surface area contributed by atoms with Gasteiger partial charge in [0.05, 0.1) is 11.6 Å². The highest BCUT2D eigenvalue weighted by Crippen LogP contribution is 2.38. The molecule has 0 aliphatic carbocycles. The van der Waals surface area contributed by atoms with E-state index in [-0.39, 0.29) is 16.0 Å². The molecular formula is C14H17ClFNO. The van der Waals surface area contributed by atoms with Crippen LogP contribution in [0.2, 0.25) is 5.02 Å². The summed E-state index contributed by atoms with van der Waals surface area (Å²) in [7, 11) is 1.84. The summed E-state index contributed by atoms with van der Waals surface area (Å²) in [5.41, 5.74) is 1.16. The Hall–Kier alpha value is -1.06. The molecule has 0 unspecified atom stereocenters. The molecule has 18 heavy (non-hydrogen) atoms. The van der Waals surface area contributed by atoms with E-state index in [9.17, 15) is 4.39 Å². The minimum absolute atomic E-state index is 0.0905. The molecule has 0 radical (unpaired) electrons. The lowest BCUT2D eigenvalue weighted by Crippen LogP contribution is -2.15. The lowest BCUT2D eigenvalue weighted by molar-refractivity contribution is 0.482. The second-order valence-electron chi connectivity index (χ2n) is 5.42. The van der Waals surface area contributed by atoms with Crippen molar-refractivity contribution in [3.05, 3.63) is 34.3 Å². The maximum absolute atomic E-state index is 14.0. The number of nitrogens with one attached hydrogen (secondary N) is 1. The van der Waals surface area contributed by atoms with Crippen molar-refractivity contribution in [1.82, 2.24) is 5.32 Å². The first kappa shape index (κ1) is 13.4. The van der Waals surface area contributed by atoms with Crippen LogP contribution in [0.15, 0.2) is 16.5 Å². The standard InChI is InChI=1S/C14H17ClFNO/c1-14(2,3)11-8-5-6-9(15)12(16)13(8)18-10(11)7-17-4/h5-6,17H,7H2,1-4H3. The fraction of sp³-hybridized carbons (Fsp3) is 0.429. The summed E-state index contributed by atoms with van der Waals surface area (Å²) < 4.78 is 19.6. The van der Waals surface area contributed by atoms with E-state index in [1.807, 2.05) is 13.1 Å². The van der Waals surface area contributed by atoms with Crippen molar-refractivity contribution >= 4 is 22.6 Å². The average Bonchev–Trinajstić information content (AvgIpc) is 2.63. The molecule has 2 nitrogen and oxygen atoms in total. The summed E-state index contributed by atoms with van der Waals surface area (Å²) in [6, 6.07) is 3.40. The van der Waals surface area contributed by atoms with E-state index in [4.69, 9.17) is 16.0 Å². The second-order valence-corrected chi connectivity index (χ2v) is 5.83. The largest absolute Gasteiger partial charge is 0.456 e. The monoisotopic (exact) mass is 269 g/mol. The summed E-state index contributed by atoms with van der Waals surface area (Å²) in [5.74, 6) is 0.281. The number of benzene rings is 1. The number of hydrogen-bond acceptors (Lipinski definition) is 2. The molecule has 0 atom stereocenters. The van der Waals surface area contributed by atoms with Gasteiger partial charge in [0, 0.05) is 10.9 Å². The highest BCUT2D eigenvalue weighted by molar-refractivity contribution is 6.31. The van der Waals surface area contributed by atoms with Crippen molar-refractivity contribution in [3.63, 3.8) is 0 Å². The van der Waals surface area contributed by atoms with E-state index in [0.717, 1.165) is 16.7 Å². The van der Waals surface area contributed by atoms with Crippen LogP contribution in [0, 0.1) is 5.82 Å². The lowest BCUT2D eigenvalue weighted by Gasteiger charge is -2.19. The zero-order valence-electron chi connectivity index (χ0n) is 11.0. The molecule has 0 saturated heterocycles. The molecule has 4 heteroatoms. The molecule has 1 aromatic carbocycles. The number of rotatable bonds is 2. The summed E-state index contributed by atoms with van der Waals surface area (Å²) >= 11 is 5.79. The quantitative estimate of drug-likeness (QED) is 0.882. The Kier molecular flexibility index (Phi) is 3.39. The van der Waals surface area contributed by atoms with Crippen LogP contribution in [0.1, 0.15) is 32.1 Å². The van der Waals surface area contributed by atoms with Gasteiger partial charge in [-0.1, -0.05) is 32.4 Å². The highest BCUT2D eigenvalue weighted by Gasteiger charge is 2.26. The first-order chi connectivity index (χ1) is 8.36. The normalized spacial score (nSPS) is 12.3. The Morgan fingerprint density at radius 2 is 2.00 bits per heavy atom. The van der Waals surface area contributed by atoms with Gasteiger partial charge in [-0.2, -0.15) is 0 Å². The molecular weight excluding hydrogens is 253 g/mol. The topological polar surface area (TPSA) is 25.2 Å². The maximum atomic E-state index is 14.0. The summed E-state index contributed by atoms with van der Waals surface area (Å²) in [4.78, 5) is 0. The smallest absolute Gasteiger partial charge is 0.184 e. The van der Waals surface area contributed by atoms with Crippen LogP contribution in [-0.2, 0) is 12.0 Å². The minimum Gasteiger partial charge on any atom is -0.456 e. The predicted octanol–water partition coefficient (Wildman–Crippen LogP) is 4.24. The van der Waals surface area contributed by atoms with Crippen LogP contribution < -0.4 is 5.32 Å². The summed E-state index contributed by atoms with van der Waals surface area (Å²) in [5, 5.41) is 3.93. The lowest BCUT2D eigenvalue weighted by atomic mass is 9.84. The van der Waals surface area contributed by atoms with E-state index < -0.39 is 5.82 Å². The van der Waals surface area contributed by atoms with Crippen molar-refractivity contribution in [1.29, 1.82) is 0 Å². The van der Waals surface area contributed by atoms with Gasteiger partial charge in [-0.25, -0.2) is 4.39 Å². The molecule has 1 N–H and O–H groups in total. The molecule has 2 rings (SSSR count). The number of halogens is 2. The second kappa shape index (κ2) is 4.56. The highest BCUT2D eigenvalue weighted by atomic mass is 35.5. The van der Waals surface area contributed by atoms with E-state index in [2.05, 4.69) is 26.1 Å². The molecule has 0 spiro atoms. The third kappa shape index (κ3) is 2.13. The molecule has 1 aromatic heterocycles. The third-order valence-corrected chi connectivity index (χ3v) is 3.20. The van der Waals surface area contributed by atoms with Crippen molar-refractivity contribution in [2.24, 2.45) is 0 Å². The van der Waals surface area contributed by atoms with E-state index in [0.29, 0.717) is 6.54 Å². The van der Waals surface area contributed by atoms with Gasteiger partial charge < -0.3 is 9.73 Å². The minimum atomic E-state index is -0.484. The van der Waals surface area contributed by atoms with Crippen LogP contribution in [0.5, 0.6) is 0 Å². The van der Waals surface area contributed by atoms with Crippen molar-refractivity contribution in [2.45, 2.75) is 32.7 Å². The van der Waals surface area contributed by atoms with Gasteiger partial charge in [-0.3, -0.25) is 0 Å². The Morgan fingerprint density at radius 3 is 2.56 bits per heavy atom. The molecule has 0 saturated carbocycles. The Bertz CT molecular complexity index is 583. The van der Waals surface area contributed by atoms with Crippen LogP contribution in [0.3, 0.4) is 0 Å². The van der Waals surface area contributed by atoms with Gasteiger partial charge >= 0.3 is 0 Å². The van der Waals surface area contributed by atoms with Gasteiger partial charge in [-0.05, 0) is 24.6 Å². The third-order valence-electron chi connectivity index (χ3n) is 2.91. The molecule has 0 aliphatic heterocycles. The SMILES string of the molecule is CNCc1oc2c(F)c(Cl)ccc2c1C(C)(C)C. The zero-order valence-corrected chi connectivity index (χ0v) is 11.8. The van der Waals surface area contributed by atoms with Crippen LogP contribution in [0.25, 0.3) is 11.0 Å². The molecule has 0 fully saturated rings. The van der Waals surface area contributed by atoms with Crippen molar-refractivity contribution < 1.29 is 8.81 Å². The molecule has 2 aromatic rings. The van der Waals surface area contributed by atoms with E-state index in [1.165, 1.54) is 0 Å². The van der Waals surface area contributed by atoms with Crippen LogP contribution >= 0.6 is 11.6 Å². The van der Waals surface area contributed by atoms with Crippen LogP contribution in [0.4, 0.5) is 4.39 Å². The molecule has 98 valence electrons. The predicted molar refractivity (Wildman–Crippen MR) is 72.6 cm³/mol. The summed E-state index contributed by atoms with van der Waals surface area (Å²) in [6.07, 6.45) is 0. The first-order valence-electron chi connectivity index (χ1n) is 5.90. The van der Waals surface area contributed by atoms with Crippen LogP contribution in [-0.4, -0.2) is 7.05 Å². The Morgan fingerprint density at radius 1 is 1.33 bits per heavy atom. The number of fused-ring (bicyclic) bond motifs is 1. The van der Waals surface area contributed by atoms with Gasteiger partial charge in [0.25, 0.3) is 0 Å². The van der Waals surface area contributed by atoms with Crippen molar-refractivity contribution in [3.8, 4) is 0 Å². The average molecular weight is 270 g/mol. The first-order valence-corrected chi connectivity index (χ1v) is 6.28. The molecule has 0 aliphatic rings. The van der Waals surface area contributed by atoms with Gasteiger partial charge in [0.15, 0.2) is 11.4 Å². The Labute approximate surface area is 111 Å². The fourth-order valence-corrected chi connectivity index (χ4v) is 2.41. The fourth-order valence-electron chi connectivity index (χ4n) is 2.26.